The molecule has 0 bridgehead atoms. The molecule has 0 aliphatic heterocycles. The van der Waals surface area contributed by atoms with Gasteiger partial charge >= 0.3 is 0 Å². The number of hydrogen-bond donors (Lipinski definition) is 1. The van der Waals surface area contributed by atoms with E-state index in [0.717, 1.165) is 5.69 Å². The molecule has 98 valence electrons. The van der Waals surface area contributed by atoms with E-state index in [1.54, 1.807) is 31.5 Å². The van der Waals surface area contributed by atoms with Crippen LogP contribution in [0, 0.1) is 5.41 Å². The lowest BCUT2D eigenvalue weighted by Crippen LogP contribution is -2.17. The molecular weight excluding hydrogens is 250 g/mol. The Kier molecular flexibility index (Phi) is 4.79. The summed E-state index contributed by atoms with van der Waals surface area (Å²) in [7, 11) is 1.58. The third kappa shape index (κ3) is 4.08. The van der Waals surface area contributed by atoms with E-state index in [1.165, 1.54) is 6.08 Å². The molecule has 1 N–H and O–H groups in total. The van der Waals surface area contributed by atoms with Gasteiger partial charge in [-0.2, -0.15) is 0 Å². The number of hydrogen-bond acceptors (Lipinski definition) is 3. The van der Waals surface area contributed by atoms with E-state index in [4.69, 9.17) is 16.3 Å². The summed E-state index contributed by atoms with van der Waals surface area (Å²) in [5, 5.41) is 3.60. The van der Waals surface area contributed by atoms with Gasteiger partial charge in [0.2, 0.25) is 0 Å². The first-order valence-electron chi connectivity index (χ1n) is 5.65. The van der Waals surface area contributed by atoms with Crippen LogP contribution < -0.4 is 10.1 Å². The number of carbonyl (C=O) groups excluding carboxylic acids is 1. The van der Waals surface area contributed by atoms with E-state index in [0.29, 0.717) is 10.8 Å². The van der Waals surface area contributed by atoms with Crippen LogP contribution in [0.25, 0.3) is 0 Å². The Labute approximate surface area is 113 Å². The summed E-state index contributed by atoms with van der Waals surface area (Å²) in [6.07, 6.45) is 3.11. The molecule has 0 heterocycles. The lowest BCUT2D eigenvalue weighted by Gasteiger charge is -2.13. The highest BCUT2D eigenvalue weighted by atomic mass is 35.5. The molecular formula is C14H18ClNO2. The van der Waals surface area contributed by atoms with E-state index in [-0.39, 0.29) is 11.2 Å². The van der Waals surface area contributed by atoms with Gasteiger partial charge in [0.25, 0.3) is 0 Å². The molecule has 4 heteroatoms. The molecule has 0 atom stereocenters. The Hall–Kier alpha value is -1.48. The van der Waals surface area contributed by atoms with Gasteiger partial charge in [-0.05, 0) is 24.3 Å². The zero-order valence-electron chi connectivity index (χ0n) is 11.1. The lowest BCUT2D eigenvalue weighted by atomic mass is 9.91. The van der Waals surface area contributed by atoms with E-state index in [2.05, 4.69) is 5.32 Å². The van der Waals surface area contributed by atoms with Crippen LogP contribution in [0.4, 0.5) is 5.69 Å². The summed E-state index contributed by atoms with van der Waals surface area (Å²) in [5.74, 6) is 0.725. The predicted octanol–water partition coefficient (Wildman–Crippen LogP) is 3.89. The summed E-state index contributed by atoms with van der Waals surface area (Å²) in [6.45, 7) is 5.62. The number of halogens is 1. The average molecular weight is 268 g/mol. The number of benzene rings is 1. The fraction of sp³-hybridized carbons (Fsp3) is 0.357. The third-order valence-electron chi connectivity index (χ3n) is 2.37. The van der Waals surface area contributed by atoms with Crippen LogP contribution >= 0.6 is 11.6 Å². The van der Waals surface area contributed by atoms with E-state index in [9.17, 15) is 4.79 Å². The van der Waals surface area contributed by atoms with Crippen LogP contribution in [0.5, 0.6) is 5.75 Å². The Morgan fingerprint density at radius 1 is 1.39 bits per heavy atom. The molecule has 0 aliphatic rings. The second-order valence-electron chi connectivity index (χ2n) is 4.94. The topological polar surface area (TPSA) is 38.3 Å². The smallest absolute Gasteiger partial charge is 0.162 e. The largest absolute Gasteiger partial charge is 0.495 e. The maximum absolute atomic E-state index is 11.7. The molecule has 3 nitrogen and oxygen atoms in total. The maximum atomic E-state index is 11.7. The quantitative estimate of drug-likeness (QED) is 0.841. The number of ketones is 1. The minimum absolute atomic E-state index is 0.0518. The minimum Gasteiger partial charge on any atom is -0.495 e. The SMILES string of the molecule is COc1ccc(Cl)cc1N/C=C/C(=O)C(C)(C)C. The molecule has 1 aromatic rings. The van der Waals surface area contributed by atoms with Crippen molar-refractivity contribution >= 4 is 23.1 Å². The van der Waals surface area contributed by atoms with Crippen molar-refractivity contribution in [2.45, 2.75) is 20.8 Å². The summed E-state index contributed by atoms with van der Waals surface area (Å²) in [5.41, 5.74) is 0.347. The van der Waals surface area contributed by atoms with Crippen molar-refractivity contribution in [1.82, 2.24) is 0 Å². The highest BCUT2D eigenvalue weighted by Gasteiger charge is 2.17. The van der Waals surface area contributed by atoms with Gasteiger partial charge in [-0.25, -0.2) is 0 Å². The van der Waals surface area contributed by atoms with Gasteiger partial charge in [0.15, 0.2) is 5.78 Å². The minimum atomic E-state index is -0.378. The molecule has 18 heavy (non-hydrogen) atoms. The molecule has 0 spiro atoms. The van der Waals surface area contributed by atoms with Crippen LogP contribution in [-0.2, 0) is 4.79 Å². The van der Waals surface area contributed by atoms with E-state index in [1.807, 2.05) is 20.8 Å². The fourth-order valence-corrected chi connectivity index (χ4v) is 1.42. The highest BCUT2D eigenvalue weighted by Crippen LogP contribution is 2.27. The number of nitrogens with one attached hydrogen (secondary N) is 1. The Bertz CT molecular complexity index is 461. The molecule has 0 fully saturated rings. The molecule has 1 rings (SSSR count). The Morgan fingerprint density at radius 2 is 2.06 bits per heavy atom. The van der Waals surface area contributed by atoms with Gasteiger partial charge in [-0.3, -0.25) is 4.79 Å². The molecule has 1 aromatic carbocycles. The molecule has 0 saturated heterocycles. The van der Waals surface area contributed by atoms with Gasteiger partial charge in [-0.1, -0.05) is 32.4 Å². The normalized spacial score (nSPS) is 11.6. The first kappa shape index (κ1) is 14.6. The van der Waals surface area contributed by atoms with Crippen molar-refractivity contribution in [2.75, 3.05) is 12.4 Å². The Morgan fingerprint density at radius 3 is 2.61 bits per heavy atom. The predicted molar refractivity (Wildman–Crippen MR) is 75.2 cm³/mol. The first-order chi connectivity index (χ1) is 8.34. The number of carbonyl (C=O) groups is 1. The summed E-state index contributed by atoms with van der Waals surface area (Å²) in [6, 6.07) is 5.26. The molecule has 0 aromatic heterocycles. The summed E-state index contributed by atoms with van der Waals surface area (Å²) < 4.78 is 5.19. The van der Waals surface area contributed by atoms with Gasteiger partial charge in [0, 0.05) is 16.6 Å². The first-order valence-corrected chi connectivity index (χ1v) is 6.03. The van der Waals surface area contributed by atoms with Crippen molar-refractivity contribution < 1.29 is 9.53 Å². The lowest BCUT2D eigenvalue weighted by molar-refractivity contribution is -0.121. The second-order valence-corrected chi connectivity index (χ2v) is 5.37. The van der Waals surface area contributed by atoms with Crippen molar-refractivity contribution in [1.29, 1.82) is 0 Å². The fourth-order valence-electron chi connectivity index (χ4n) is 1.25. The molecule has 0 amide bonds. The summed E-state index contributed by atoms with van der Waals surface area (Å²) >= 11 is 5.90. The zero-order chi connectivity index (χ0) is 13.8. The van der Waals surface area contributed by atoms with Gasteiger partial charge in [0.05, 0.1) is 12.8 Å². The van der Waals surface area contributed by atoms with Crippen molar-refractivity contribution in [3.05, 3.63) is 35.5 Å². The van der Waals surface area contributed by atoms with E-state index < -0.39 is 0 Å². The van der Waals surface area contributed by atoms with Gasteiger partial charge < -0.3 is 10.1 Å². The van der Waals surface area contributed by atoms with Gasteiger partial charge in [-0.15, -0.1) is 0 Å². The Balaban J connectivity index is 2.77. The molecule has 0 unspecified atom stereocenters. The second kappa shape index (κ2) is 5.91. The zero-order valence-corrected chi connectivity index (χ0v) is 11.8. The van der Waals surface area contributed by atoms with Gasteiger partial charge in [0.1, 0.15) is 5.75 Å². The highest BCUT2D eigenvalue weighted by molar-refractivity contribution is 6.30. The summed E-state index contributed by atoms with van der Waals surface area (Å²) in [4.78, 5) is 11.7. The van der Waals surface area contributed by atoms with Crippen LogP contribution in [0.15, 0.2) is 30.5 Å². The molecule has 0 aliphatic carbocycles. The number of rotatable bonds is 4. The molecule has 0 radical (unpaired) electrons. The number of allylic oxidation sites excluding steroid dienone is 1. The van der Waals surface area contributed by atoms with Crippen LogP contribution in [0.2, 0.25) is 5.02 Å². The van der Waals surface area contributed by atoms with Crippen LogP contribution in [-0.4, -0.2) is 12.9 Å². The third-order valence-corrected chi connectivity index (χ3v) is 2.61. The van der Waals surface area contributed by atoms with Crippen molar-refractivity contribution in [3.8, 4) is 5.75 Å². The number of anilines is 1. The van der Waals surface area contributed by atoms with Crippen LogP contribution in [0.1, 0.15) is 20.8 Å². The number of ether oxygens (including phenoxy) is 1. The average Bonchev–Trinajstić information content (AvgIpc) is 2.28. The van der Waals surface area contributed by atoms with Crippen LogP contribution in [0.3, 0.4) is 0 Å². The standard InChI is InChI=1S/C14H18ClNO2/c1-14(2,3)13(17)7-8-16-11-9-10(15)5-6-12(11)18-4/h5-9,16H,1-4H3/b8-7+. The maximum Gasteiger partial charge on any atom is 0.162 e. The number of methoxy groups -OCH3 is 1. The monoisotopic (exact) mass is 267 g/mol. The van der Waals surface area contributed by atoms with Crippen molar-refractivity contribution in [2.24, 2.45) is 5.41 Å². The molecule has 0 saturated carbocycles. The van der Waals surface area contributed by atoms with E-state index >= 15 is 0 Å². The van der Waals surface area contributed by atoms with Crippen molar-refractivity contribution in [3.63, 3.8) is 0 Å².